The lowest BCUT2D eigenvalue weighted by atomic mass is 10.2. The van der Waals surface area contributed by atoms with Gasteiger partial charge in [0.1, 0.15) is 6.17 Å². The predicted molar refractivity (Wildman–Crippen MR) is 117 cm³/mol. The summed E-state index contributed by atoms with van der Waals surface area (Å²) in [6.45, 7) is 0. The van der Waals surface area contributed by atoms with Crippen LogP contribution in [-0.2, 0) is 0 Å². The van der Waals surface area contributed by atoms with Gasteiger partial charge in [-0.15, -0.1) is 0 Å². The molecule has 1 unspecified atom stereocenters. The zero-order valence-corrected chi connectivity index (χ0v) is 17.8. The SMILES string of the molecule is O=C(NC(NC(=S)Nc1ccc(I)cc1)C(Cl)(Cl)Cl)c1ccccc1. The highest BCUT2D eigenvalue weighted by atomic mass is 127. The second kappa shape index (κ2) is 9.23. The van der Waals surface area contributed by atoms with Crippen LogP contribution in [0.5, 0.6) is 0 Å². The molecular formula is C16H13Cl3IN3OS. The monoisotopic (exact) mass is 527 g/mol. The van der Waals surface area contributed by atoms with Crippen molar-refractivity contribution in [2.45, 2.75) is 9.96 Å². The Hall–Kier alpha value is -0.800. The number of halogens is 4. The van der Waals surface area contributed by atoms with Crippen LogP contribution >= 0.6 is 69.6 Å². The molecule has 0 radical (unpaired) electrons. The van der Waals surface area contributed by atoms with Gasteiger partial charge in [0.15, 0.2) is 5.11 Å². The number of amides is 1. The van der Waals surface area contributed by atoms with Crippen LogP contribution in [0.25, 0.3) is 0 Å². The van der Waals surface area contributed by atoms with Gasteiger partial charge < -0.3 is 16.0 Å². The third-order valence-corrected chi connectivity index (χ3v) is 4.61. The van der Waals surface area contributed by atoms with E-state index in [4.69, 9.17) is 47.0 Å². The Morgan fingerprint density at radius 1 is 1.00 bits per heavy atom. The van der Waals surface area contributed by atoms with E-state index in [2.05, 4.69) is 38.5 Å². The molecule has 4 nitrogen and oxygen atoms in total. The third kappa shape index (κ3) is 6.79. The van der Waals surface area contributed by atoms with Gasteiger partial charge in [0.2, 0.25) is 3.79 Å². The molecule has 25 heavy (non-hydrogen) atoms. The molecule has 0 aliphatic rings. The van der Waals surface area contributed by atoms with E-state index in [9.17, 15) is 4.79 Å². The zero-order chi connectivity index (χ0) is 18.4. The molecular weight excluding hydrogens is 516 g/mol. The van der Waals surface area contributed by atoms with Crippen LogP contribution in [0.3, 0.4) is 0 Å². The van der Waals surface area contributed by atoms with E-state index >= 15 is 0 Å². The second-order valence-corrected chi connectivity index (χ2v) is 8.94. The van der Waals surface area contributed by atoms with Gasteiger partial charge in [-0.2, -0.15) is 0 Å². The minimum Gasteiger partial charge on any atom is -0.339 e. The Balaban J connectivity index is 2.03. The van der Waals surface area contributed by atoms with Crippen LogP contribution in [0.2, 0.25) is 0 Å². The van der Waals surface area contributed by atoms with Gasteiger partial charge in [-0.25, -0.2) is 0 Å². The molecule has 2 rings (SSSR count). The summed E-state index contributed by atoms with van der Waals surface area (Å²) in [4.78, 5) is 12.3. The molecule has 9 heteroatoms. The summed E-state index contributed by atoms with van der Waals surface area (Å²) in [6, 6.07) is 16.2. The molecule has 0 spiro atoms. The van der Waals surface area contributed by atoms with E-state index in [0.717, 1.165) is 9.26 Å². The van der Waals surface area contributed by atoms with Crippen LogP contribution in [0.4, 0.5) is 5.69 Å². The molecule has 0 fully saturated rings. The first-order chi connectivity index (χ1) is 11.8. The van der Waals surface area contributed by atoms with Gasteiger partial charge in [0.05, 0.1) is 0 Å². The first-order valence-electron chi connectivity index (χ1n) is 7.01. The highest BCUT2D eigenvalue weighted by Crippen LogP contribution is 2.29. The minimum absolute atomic E-state index is 0.214. The number of benzene rings is 2. The Labute approximate surface area is 179 Å². The van der Waals surface area contributed by atoms with Crippen molar-refractivity contribution in [2.75, 3.05) is 5.32 Å². The summed E-state index contributed by atoms with van der Waals surface area (Å²) in [5.41, 5.74) is 1.22. The van der Waals surface area contributed by atoms with Crippen molar-refractivity contribution in [3.8, 4) is 0 Å². The first-order valence-corrected chi connectivity index (χ1v) is 9.63. The van der Waals surface area contributed by atoms with E-state index in [0.29, 0.717) is 5.56 Å². The van der Waals surface area contributed by atoms with Crippen molar-refractivity contribution in [3.05, 3.63) is 63.7 Å². The predicted octanol–water partition coefficient (Wildman–Crippen LogP) is 4.70. The molecule has 0 aliphatic heterocycles. The Morgan fingerprint density at radius 3 is 2.16 bits per heavy atom. The number of hydrogen-bond acceptors (Lipinski definition) is 2. The summed E-state index contributed by atoms with van der Waals surface area (Å²) in [5, 5.41) is 8.62. The number of hydrogen-bond donors (Lipinski definition) is 3. The molecule has 0 aromatic heterocycles. The zero-order valence-electron chi connectivity index (χ0n) is 12.6. The van der Waals surface area contributed by atoms with Gasteiger partial charge in [-0.05, 0) is 71.2 Å². The summed E-state index contributed by atoms with van der Waals surface area (Å²) in [7, 11) is 0. The summed E-state index contributed by atoms with van der Waals surface area (Å²) in [6.07, 6.45) is -1.02. The lowest BCUT2D eigenvalue weighted by molar-refractivity contribution is 0.0934. The second-order valence-electron chi connectivity index (χ2n) is 4.92. The number of carbonyl (C=O) groups is 1. The number of carbonyl (C=O) groups excluding carboxylic acids is 1. The number of anilines is 1. The molecule has 0 saturated carbocycles. The minimum atomic E-state index is -1.80. The lowest BCUT2D eigenvalue weighted by Crippen LogP contribution is -2.56. The summed E-state index contributed by atoms with van der Waals surface area (Å²) >= 11 is 25.3. The van der Waals surface area contributed by atoms with E-state index in [1.807, 2.05) is 30.3 Å². The Bertz CT molecular complexity index is 739. The van der Waals surface area contributed by atoms with Crippen LogP contribution < -0.4 is 16.0 Å². The maximum atomic E-state index is 12.3. The molecule has 0 heterocycles. The quantitative estimate of drug-likeness (QED) is 0.233. The number of thiocarbonyl (C=S) groups is 1. The summed E-state index contributed by atoms with van der Waals surface area (Å²) in [5.74, 6) is -0.388. The maximum absolute atomic E-state index is 12.3. The Kier molecular flexibility index (Phi) is 7.57. The van der Waals surface area contributed by atoms with Crippen molar-refractivity contribution in [1.82, 2.24) is 10.6 Å². The average Bonchev–Trinajstić information content (AvgIpc) is 2.56. The van der Waals surface area contributed by atoms with Gasteiger partial charge in [-0.1, -0.05) is 53.0 Å². The van der Waals surface area contributed by atoms with Crippen molar-refractivity contribution in [2.24, 2.45) is 0 Å². The molecule has 0 aliphatic carbocycles. The van der Waals surface area contributed by atoms with Crippen LogP contribution in [0.15, 0.2) is 54.6 Å². The number of nitrogens with one attached hydrogen (secondary N) is 3. The van der Waals surface area contributed by atoms with Crippen molar-refractivity contribution in [3.63, 3.8) is 0 Å². The molecule has 1 amide bonds. The molecule has 0 bridgehead atoms. The van der Waals surface area contributed by atoms with Gasteiger partial charge in [-0.3, -0.25) is 4.79 Å². The molecule has 2 aromatic rings. The normalized spacial score (nSPS) is 12.2. The highest BCUT2D eigenvalue weighted by Gasteiger charge is 2.34. The van der Waals surface area contributed by atoms with Crippen molar-refractivity contribution < 1.29 is 4.79 Å². The average molecular weight is 529 g/mol. The van der Waals surface area contributed by atoms with Gasteiger partial charge in [0.25, 0.3) is 5.91 Å². The van der Waals surface area contributed by atoms with Crippen molar-refractivity contribution >= 4 is 86.3 Å². The standard InChI is InChI=1S/C16H13Cl3IN3OS/c17-16(18,19)14(22-13(24)10-4-2-1-3-5-10)23-15(25)21-12-8-6-11(20)7-9-12/h1-9,14H,(H,22,24)(H2,21,23,25). The first kappa shape index (κ1) is 20.5. The summed E-state index contributed by atoms with van der Waals surface area (Å²) < 4.78 is -0.710. The van der Waals surface area contributed by atoms with E-state index in [1.165, 1.54) is 0 Å². The van der Waals surface area contributed by atoms with E-state index in [1.54, 1.807) is 24.3 Å². The fraction of sp³-hybridized carbons (Fsp3) is 0.125. The molecule has 3 N–H and O–H groups in total. The molecule has 132 valence electrons. The molecule has 1 atom stereocenters. The van der Waals surface area contributed by atoms with Crippen LogP contribution in [0.1, 0.15) is 10.4 Å². The number of rotatable bonds is 4. The third-order valence-electron chi connectivity index (χ3n) is 3.02. The van der Waals surface area contributed by atoms with Crippen LogP contribution in [0, 0.1) is 3.57 Å². The highest BCUT2D eigenvalue weighted by molar-refractivity contribution is 14.1. The maximum Gasteiger partial charge on any atom is 0.252 e. The van der Waals surface area contributed by atoms with E-state index in [-0.39, 0.29) is 11.0 Å². The number of alkyl halides is 3. The fourth-order valence-electron chi connectivity index (χ4n) is 1.84. The smallest absolute Gasteiger partial charge is 0.252 e. The van der Waals surface area contributed by atoms with Gasteiger partial charge in [0, 0.05) is 14.8 Å². The van der Waals surface area contributed by atoms with Crippen LogP contribution in [-0.4, -0.2) is 21.0 Å². The fourth-order valence-corrected chi connectivity index (χ4v) is 2.76. The van der Waals surface area contributed by atoms with E-state index < -0.39 is 9.96 Å². The largest absolute Gasteiger partial charge is 0.339 e. The molecule has 2 aromatic carbocycles. The van der Waals surface area contributed by atoms with Crippen molar-refractivity contribution in [1.29, 1.82) is 0 Å². The molecule has 0 saturated heterocycles. The van der Waals surface area contributed by atoms with Gasteiger partial charge >= 0.3 is 0 Å². The Morgan fingerprint density at radius 2 is 1.60 bits per heavy atom. The lowest BCUT2D eigenvalue weighted by Gasteiger charge is -2.27. The topological polar surface area (TPSA) is 53.2 Å².